The van der Waals surface area contributed by atoms with Gasteiger partial charge >= 0.3 is 0 Å². The zero-order chi connectivity index (χ0) is 23.2. The molecule has 0 amide bonds. The molecule has 0 saturated heterocycles. The number of carbonyl (C=O) groups excluding carboxylic acids is 1. The van der Waals surface area contributed by atoms with Gasteiger partial charge in [0.1, 0.15) is 6.29 Å². The maximum atomic E-state index is 12.7. The van der Waals surface area contributed by atoms with Crippen molar-refractivity contribution in [2.75, 3.05) is 6.61 Å². The summed E-state index contributed by atoms with van der Waals surface area (Å²) in [6.07, 6.45) is 1.09. The summed E-state index contributed by atoms with van der Waals surface area (Å²) in [4.78, 5) is 12.7. The predicted octanol–water partition coefficient (Wildman–Crippen LogP) is 4.46. The van der Waals surface area contributed by atoms with Crippen LogP contribution in [0.3, 0.4) is 0 Å². The van der Waals surface area contributed by atoms with E-state index in [2.05, 4.69) is 86.6 Å². The van der Waals surface area contributed by atoms with Crippen LogP contribution in [0.5, 0.6) is 0 Å². The Morgan fingerprint density at radius 3 is 1.36 bits per heavy atom. The zero-order valence-corrected chi connectivity index (χ0v) is 20.2. The molecule has 0 radical (unpaired) electrons. The van der Waals surface area contributed by atoms with Crippen molar-refractivity contribution in [1.29, 1.82) is 0 Å². The van der Waals surface area contributed by atoms with Gasteiger partial charge in [0.05, 0.1) is 12.0 Å². The fourth-order valence-corrected chi connectivity index (χ4v) is 8.51. The predicted molar refractivity (Wildman–Crippen MR) is 139 cm³/mol. The van der Waals surface area contributed by atoms with Crippen LogP contribution in [0.2, 0.25) is 0 Å². The van der Waals surface area contributed by atoms with Gasteiger partial charge in [0.25, 0.3) is 8.32 Å². The lowest BCUT2D eigenvalue weighted by Gasteiger charge is -2.39. The second-order valence-corrected chi connectivity index (χ2v) is 12.1. The molecule has 4 aromatic rings. The van der Waals surface area contributed by atoms with E-state index < -0.39 is 13.7 Å². The minimum atomic E-state index is -2.89. The number of benzene rings is 4. The van der Waals surface area contributed by atoms with Crippen LogP contribution in [0.1, 0.15) is 19.4 Å². The van der Waals surface area contributed by atoms with Gasteiger partial charge in [-0.1, -0.05) is 135 Å². The minimum Gasteiger partial charge on any atom is -0.403 e. The molecule has 3 heteroatoms. The molecule has 0 heterocycles. The Morgan fingerprint density at radius 1 is 0.667 bits per heavy atom. The van der Waals surface area contributed by atoms with E-state index in [0.717, 1.165) is 11.8 Å². The third kappa shape index (κ3) is 4.34. The minimum absolute atomic E-state index is 0.0754. The van der Waals surface area contributed by atoms with Crippen molar-refractivity contribution in [2.24, 2.45) is 5.92 Å². The third-order valence-electron chi connectivity index (χ3n) is 6.62. The topological polar surface area (TPSA) is 26.3 Å². The lowest BCUT2D eigenvalue weighted by Crippen LogP contribution is -2.70. The van der Waals surface area contributed by atoms with Gasteiger partial charge in [-0.25, -0.2) is 0 Å². The molecule has 0 bridgehead atoms. The highest BCUT2D eigenvalue weighted by atomic mass is 28.4. The van der Waals surface area contributed by atoms with E-state index in [0.29, 0.717) is 6.61 Å². The van der Waals surface area contributed by atoms with E-state index in [1.54, 1.807) is 0 Å². The van der Waals surface area contributed by atoms with E-state index >= 15 is 0 Å². The maximum absolute atomic E-state index is 12.7. The van der Waals surface area contributed by atoms with Crippen LogP contribution in [0, 0.1) is 5.92 Å². The Balaban J connectivity index is 1.91. The SMILES string of the molecule is CC(C)[C@@](C=O)(CO[Si](c1ccccc1)(c1ccccc1)c1ccccc1)c1ccccc1. The van der Waals surface area contributed by atoms with E-state index in [4.69, 9.17) is 4.43 Å². The van der Waals surface area contributed by atoms with Crippen LogP contribution < -0.4 is 15.6 Å². The Hall–Kier alpha value is -3.27. The lowest BCUT2D eigenvalue weighted by atomic mass is 9.73. The summed E-state index contributed by atoms with van der Waals surface area (Å²) in [5.41, 5.74) is 0.254. The lowest BCUT2D eigenvalue weighted by molar-refractivity contribution is -0.115. The molecule has 0 aromatic heterocycles. The molecule has 2 nitrogen and oxygen atoms in total. The quantitative estimate of drug-likeness (QED) is 0.214. The molecule has 1 atom stereocenters. The molecule has 0 aliphatic heterocycles. The molecular weight excluding hydrogens is 420 g/mol. The van der Waals surface area contributed by atoms with Gasteiger partial charge in [-0.05, 0) is 27.0 Å². The van der Waals surface area contributed by atoms with Gasteiger partial charge in [-0.15, -0.1) is 0 Å². The second kappa shape index (κ2) is 10.1. The van der Waals surface area contributed by atoms with Gasteiger partial charge in [-0.3, -0.25) is 0 Å². The first-order valence-corrected chi connectivity index (χ1v) is 13.4. The summed E-state index contributed by atoms with van der Waals surface area (Å²) in [6.45, 7) is 4.51. The summed E-state index contributed by atoms with van der Waals surface area (Å²) < 4.78 is 7.17. The van der Waals surface area contributed by atoms with Crippen molar-refractivity contribution in [3.63, 3.8) is 0 Å². The Kier molecular flexibility index (Phi) is 7.02. The van der Waals surface area contributed by atoms with E-state index in [-0.39, 0.29) is 5.92 Å². The molecule has 0 saturated carbocycles. The molecule has 0 aliphatic carbocycles. The molecule has 0 fully saturated rings. The Morgan fingerprint density at radius 2 is 1.03 bits per heavy atom. The number of rotatable bonds is 9. The van der Waals surface area contributed by atoms with Crippen LogP contribution in [0.15, 0.2) is 121 Å². The fourth-order valence-electron chi connectivity index (χ4n) is 4.57. The van der Waals surface area contributed by atoms with E-state index in [1.807, 2.05) is 48.5 Å². The molecule has 0 N–H and O–H groups in total. The molecule has 0 unspecified atom stereocenters. The van der Waals surface area contributed by atoms with Crippen LogP contribution in [-0.4, -0.2) is 21.2 Å². The van der Waals surface area contributed by atoms with Crippen LogP contribution in [0.25, 0.3) is 0 Å². The largest absolute Gasteiger partial charge is 0.403 e. The molecule has 33 heavy (non-hydrogen) atoms. The van der Waals surface area contributed by atoms with Crippen molar-refractivity contribution in [3.8, 4) is 0 Å². The van der Waals surface area contributed by atoms with Gasteiger partial charge in [-0.2, -0.15) is 0 Å². The van der Waals surface area contributed by atoms with Crippen molar-refractivity contribution >= 4 is 30.2 Å². The average molecular weight is 451 g/mol. The molecule has 0 aliphatic rings. The van der Waals surface area contributed by atoms with Crippen molar-refractivity contribution in [1.82, 2.24) is 0 Å². The highest BCUT2D eigenvalue weighted by Crippen LogP contribution is 2.32. The smallest absolute Gasteiger partial charge is 0.288 e. The first kappa shape index (κ1) is 22.9. The van der Waals surface area contributed by atoms with Gasteiger partial charge in [0.15, 0.2) is 0 Å². The molecule has 4 aromatic carbocycles. The molecular formula is C30H30O2Si. The summed E-state index contributed by atoms with van der Waals surface area (Å²) in [5, 5.41) is 3.50. The average Bonchev–Trinajstić information content (AvgIpc) is 2.89. The summed E-state index contributed by atoms with van der Waals surface area (Å²) in [5.74, 6) is 0.0754. The number of hydrogen-bond acceptors (Lipinski definition) is 2. The monoisotopic (exact) mass is 450 g/mol. The van der Waals surface area contributed by atoms with Crippen molar-refractivity contribution in [3.05, 3.63) is 127 Å². The molecule has 0 spiro atoms. The highest BCUT2D eigenvalue weighted by Gasteiger charge is 2.45. The number of aldehydes is 1. The number of carbonyl (C=O) groups is 1. The molecule has 166 valence electrons. The zero-order valence-electron chi connectivity index (χ0n) is 19.2. The van der Waals surface area contributed by atoms with Crippen LogP contribution in [-0.2, 0) is 14.6 Å². The Labute approximate surface area is 198 Å². The second-order valence-electron chi connectivity index (χ2n) is 8.75. The highest BCUT2D eigenvalue weighted by molar-refractivity contribution is 7.07. The van der Waals surface area contributed by atoms with Crippen LogP contribution in [0.4, 0.5) is 0 Å². The molecule has 4 rings (SSSR count). The fraction of sp³-hybridized carbons (Fsp3) is 0.167. The summed E-state index contributed by atoms with van der Waals surface area (Å²) in [6, 6.07) is 41.5. The van der Waals surface area contributed by atoms with Crippen LogP contribution >= 0.6 is 0 Å². The summed E-state index contributed by atoms with van der Waals surface area (Å²) in [7, 11) is -2.89. The van der Waals surface area contributed by atoms with Gasteiger partial charge in [0, 0.05) is 0 Å². The van der Waals surface area contributed by atoms with E-state index in [1.165, 1.54) is 15.6 Å². The standard InChI is InChI=1S/C30H30O2Si/c1-25(2)30(23-31,26-15-7-3-8-16-26)24-32-33(27-17-9-4-10-18-27,28-19-11-5-12-20-28)29-21-13-6-14-22-29/h3-23,25H,24H2,1-2H3/t30-/m1/s1. The maximum Gasteiger partial charge on any atom is 0.288 e. The first-order valence-electron chi connectivity index (χ1n) is 11.5. The van der Waals surface area contributed by atoms with Crippen molar-refractivity contribution < 1.29 is 9.22 Å². The van der Waals surface area contributed by atoms with E-state index in [9.17, 15) is 4.79 Å². The third-order valence-corrected chi connectivity index (χ3v) is 10.6. The summed E-state index contributed by atoms with van der Waals surface area (Å²) >= 11 is 0. The van der Waals surface area contributed by atoms with Crippen molar-refractivity contribution in [2.45, 2.75) is 19.3 Å². The van der Waals surface area contributed by atoms with Gasteiger partial charge in [0.2, 0.25) is 0 Å². The normalized spacial score (nSPS) is 13.4. The Bertz CT molecular complexity index is 1050. The first-order chi connectivity index (χ1) is 16.1. The van der Waals surface area contributed by atoms with Gasteiger partial charge < -0.3 is 9.22 Å². The number of hydrogen-bond donors (Lipinski definition) is 0.